The van der Waals surface area contributed by atoms with E-state index < -0.39 is 24.1 Å². The molecule has 0 aliphatic carbocycles. The van der Waals surface area contributed by atoms with Crippen molar-refractivity contribution in [3.05, 3.63) is 0 Å². The molecule has 0 aromatic rings. The van der Waals surface area contributed by atoms with Crippen LogP contribution in [0.5, 0.6) is 0 Å². The van der Waals surface area contributed by atoms with E-state index in [2.05, 4.69) is 0 Å². The monoisotopic (exact) mass is 400 g/mol. The number of carboxylic acids is 2. The zero-order valence-corrected chi connectivity index (χ0v) is 16.1. The average Bonchev–Trinajstić information content (AvgIpc) is 2.33. The van der Waals surface area contributed by atoms with Gasteiger partial charge in [-0.3, -0.25) is 0 Å². The Balaban J connectivity index is -0.000000256. The van der Waals surface area contributed by atoms with Crippen molar-refractivity contribution >= 4 is 60.8 Å². The molecule has 0 aromatic heterocycles. The first-order valence-electron chi connectivity index (χ1n) is 6.14. The summed E-state index contributed by atoms with van der Waals surface area (Å²) in [5, 5.41) is 36.9. The average molecular weight is 400 g/mol. The Hall–Kier alpha value is 0.431. The molecule has 0 saturated carbocycles. The van der Waals surface area contributed by atoms with Crippen LogP contribution in [0.1, 0.15) is 52.4 Å². The molecular weight excluding hydrogens is 377 g/mol. The molecular formula is C12H22BaO6. The largest absolute Gasteiger partial charge is 2.00 e. The molecule has 108 valence electrons. The van der Waals surface area contributed by atoms with Gasteiger partial charge in [0.1, 0.15) is 0 Å². The van der Waals surface area contributed by atoms with Gasteiger partial charge in [0.25, 0.3) is 0 Å². The Morgan fingerprint density at radius 2 is 1.16 bits per heavy atom. The zero-order valence-electron chi connectivity index (χ0n) is 11.6. The van der Waals surface area contributed by atoms with Gasteiger partial charge in [-0.15, -0.1) is 0 Å². The van der Waals surface area contributed by atoms with Gasteiger partial charge in [-0.05, 0) is 12.8 Å². The van der Waals surface area contributed by atoms with Crippen LogP contribution in [0.4, 0.5) is 0 Å². The third kappa shape index (κ3) is 18.4. The van der Waals surface area contributed by atoms with Gasteiger partial charge < -0.3 is 30.0 Å². The summed E-state index contributed by atoms with van der Waals surface area (Å²) in [7, 11) is 0. The molecule has 19 heavy (non-hydrogen) atoms. The molecule has 2 atom stereocenters. The van der Waals surface area contributed by atoms with Crippen molar-refractivity contribution in [2.45, 2.75) is 64.6 Å². The van der Waals surface area contributed by atoms with Gasteiger partial charge >= 0.3 is 48.9 Å². The van der Waals surface area contributed by atoms with Crippen molar-refractivity contribution < 1.29 is 30.0 Å². The fourth-order valence-electron chi connectivity index (χ4n) is 1.03. The van der Waals surface area contributed by atoms with Gasteiger partial charge in [0, 0.05) is 0 Å². The van der Waals surface area contributed by atoms with Gasteiger partial charge in [-0.1, -0.05) is 39.5 Å². The summed E-state index contributed by atoms with van der Waals surface area (Å²) in [5.41, 5.74) is 0. The zero-order chi connectivity index (χ0) is 14.6. The van der Waals surface area contributed by atoms with Gasteiger partial charge in [-0.25, -0.2) is 0 Å². The van der Waals surface area contributed by atoms with E-state index in [9.17, 15) is 19.8 Å². The van der Waals surface area contributed by atoms with Gasteiger partial charge in [-0.2, -0.15) is 0 Å². The van der Waals surface area contributed by atoms with Crippen LogP contribution in [-0.4, -0.2) is 83.2 Å². The van der Waals surface area contributed by atoms with E-state index in [1.54, 1.807) is 0 Å². The molecule has 6 nitrogen and oxygen atoms in total. The molecule has 0 saturated heterocycles. The van der Waals surface area contributed by atoms with Crippen LogP contribution < -0.4 is 10.2 Å². The summed E-state index contributed by atoms with van der Waals surface area (Å²) in [5.74, 6) is -2.74. The second-order valence-electron chi connectivity index (χ2n) is 3.95. The maximum atomic E-state index is 9.84. The topological polar surface area (TPSA) is 121 Å². The number of carbonyl (C=O) groups is 2. The summed E-state index contributed by atoms with van der Waals surface area (Å²) >= 11 is 0. The molecule has 0 spiro atoms. The number of aliphatic hydroxyl groups is 2. The van der Waals surface area contributed by atoms with Gasteiger partial charge in [0.05, 0.1) is 24.1 Å². The molecule has 0 radical (unpaired) electrons. The fourth-order valence-corrected chi connectivity index (χ4v) is 1.03. The van der Waals surface area contributed by atoms with Crippen LogP contribution in [0.15, 0.2) is 0 Å². The SMILES string of the molecule is CCCC[C@@H](O)C(=O)[O-].CCCC[C@@H](O)C(=O)[O-].[Ba+2]. The van der Waals surface area contributed by atoms with E-state index in [-0.39, 0.29) is 48.9 Å². The van der Waals surface area contributed by atoms with E-state index in [0.717, 1.165) is 25.7 Å². The number of carboxylic acid groups (broad SMARTS) is 2. The van der Waals surface area contributed by atoms with E-state index in [0.29, 0.717) is 12.8 Å². The third-order valence-corrected chi connectivity index (χ3v) is 2.21. The maximum absolute atomic E-state index is 9.84. The Bertz CT molecular complexity index is 210. The second kappa shape index (κ2) is 16.5. The first-order chi connectivity index (χ1) is 8.36. The molecule has 0 aromatic carbocycles. The van der Waals surface area contributed by atoms with Crippen molar-refractivity contribution in [2.24, 2.45) is 0 Å². The minimum absolute atomic E-state index is 0. The van der Waals surface area contributed by atoms with Crippen molar-refractivity contribution in [2.75, 3.05) is 0 Å². The fraction of sp³-hybridized carbons (Fsp3) is 0.833. The van der Waals surface area contributed by atoms with Crippen molar-refractivity contribution in [1.82, 2.24) is 0 Å². The summed E-state index contributed by atoms with van der Waals surface area (Å²) in [4.78, 5) is 19.7. The summed E-state index contributed by atoms with van der Waals surface area (Å²) in [6, 6.07) is 0. The Labute approximate surface area is 154 Å². The molecule has 0 heterocycles. The summed E-state index contributed by atoms with van der Waals surface area (Å²) in [6.45, 7) is 3.87. The maximum Gasteiger partial charge on any atom is 2.00 e. The minimum Gasteiger partial charge on any atom is -0.547 e. The number of aliphatic hydroxyl groups excluding tert-OH is 2. The third-order valence-electron chi connectivity index (χ3n) is 2.21. The predicted octanol–water partition coefficient (Wildman–Crippen LogP) is -1.81. The Kier molecular flexibility index (Phi) is 21.2. The molecule has 0 bridgehead atoms. The summed E-state index contributed by atoms with van der Waals surface area (Å²) in [6.07, 6.45) is 1.31. The number of hydrogen-bond donors (Lipinski definition) is 2. The predicted molar refractivity (Wildman–Crippen MR) is 66.8 cm³/mol. The molecule has 2 N–H and O–H groups in total. The normalized spacial score (nSPS) is 12.4. The van der Waals surface area contributed by atoms with E-state index in [1.165, 1.54) is 0 Å². The van der Waals surface area contributed by atoms with Gasteiger partial charge in [0.2, 0.25) is 0 Å². The first kappa shape index (κ1) is 24.4. The molecule has 7 heteroatoms. The summed E-state index contributed by atoms with van der Waals surface area (Å²) < 4.78 is 0. The van der Waals surface area contributed by atoms with Crippen molar-refractivity contribution in [1.29, 1.82) is 0 Å². The van der Waals surface area contributed by atoms with E-state index >= 15 is 0 Å². The number of rotatable bonds is 8. The molecule has 0 aliphatic rings. The van der Waals surface area contributed by atoms with Crippen LogP contribution in [0, 0.1) is 0 Å². The smallest absolute Gasteiger partial charge is 0.547 e. The Morgan fingerprint density at radius 3 is 1.32 bits per heavy atom. The van der Waals surface area contributed by atoms with Crippen LogP contribution in [0.3, 0.4) is 0 Å². The van der Waals surface area contributed by atoms with Crippen molar-refractivity contribution in [3.63, 3.8) is 0 Å². The molecule has 0 aliphatic heterocycles. The number of hydrogen-bond acceptors (Lipinski definition) is 6. The molecule has 0 fully saturated rings. The standard InChI is InChI=1S/2C6H12O3.Ba/c2*1-2-3-4-5(7)6(8)9;/h2*5,7H,2-4H2,1H3,(H,8,9);/q;;+2/p-2/t2*5-;/m11./s1. The Morgan fingerprint density at radius 1 is 0.895 bits per heavy atom. The minimum atomic E-state index is -1.37. The van der Waals surface area contributed by atoms with Crippen LogP contribution >= 0.6 is 0 Å². The van der Waals surface area contributed by atoms with E-state index in [4.69, 9.17) is 10.2 Å². The number of aliphatic carboxylic acids is 2. The number of carbonyl (C=O) groups excluding carboxylic acids is 2. The van der Waals surface area contributed by atoms with Crippen LogP contribution in [0.2, 0.25) is 0 Å². The van der Waals surface area contributed by atoms with Crippen molar-refractivity contribution in [3.8, 4) is 0 Å². The first-order valence-corrected chi connectivity index (χ1v) is 6.14. The van der Waals surface area contributed by atoms with Crippen LogP contribution in [-0.2, 0) is 9.59 Å². The number of unbranched alkanes of at least 4 members (excludes halogenated alkanes) is 2. The molecule has 0 amide bonds. The van der Waals surface area contributed by atoms with Gasteiger partial charge in [0.15, 0.2) is 0 Å². The quantitative estimate of drug-likeness (QED) is 0.464. The molecule has 0 unspecified atom stereocenters. The second-order valence-corrected chi connectivity index (χ2v) is 3.95. The van der Waals surface area contributed by atoms with E-state index in [1.807, 2.05) is 13.8 Å². The molecule has 0 rings (SSSR count). The van der Waals surface area contributed by atoms with Crippen LogP contribution in [0.25, 0.3) is 0 Å².